The highest BCUT2D eigenvalue weighted by Gasteiger charge is 2.07. The van der Waals surface area contributed by atoms with Crippen LogP contribution >= 0.6 is 0 Å². The van der Waals surface area contributed by atoms with Crippen molar-refractivity contribution >= 4 is 5.91 Å². The van der Waals surface area contributed by atoms with Crippen molar-refractivity contribution in [1.29, 1.82) is 0 Å². The first-order valence-electron chi connectivity index (χ1n) is 5.67. The fourth-order valence-corrected chi connectivity index (χ4v) is 1.08. The fraction of sp³-hybridized carbons (Fsp3) is 0.909. The summed E-state index contributed by atoms with van der Waals surface area (Å²) in [7, 11) is 1.61. The van der Waals surface area contributed by atoms with E-state index in [1.807, 2.05) is 0 Å². The molecule has 1 amide bonds. The minimum Gasteiger partial charge on any atom is -0.383 e. The molecule has 3 N–H and O–H groups in total. The van der Waals surface area contributed by atoms with Gasteiger partial charge in [-0.2, -0.15) is 0 Å². The van der Waals surface area contributed by atoms with Gasteiger partial charge in [0, 0.05) is 32.3 Å². The minimum atomic E-state index is 0.00723. The Bertz CT molecular complexity index is 190. The van der Waals surface area contributed by atoms with Gasteiger partial charge in [0.25, 0.3) is 0 Å². The first-order valence-corrected chi connectivity index (χ1v) is 5.67. The quantitative estimate of drug-likeness (QED) is 0.503. The van der Waals surface area contributed by atoms with E-state index in [0.29, 0.717) is 19.7 Å². The lowest BCUT2D eigenvalue weighted by Crippen LogP contribution is -2.42. The molecule has 0 rings (SSSR count). The number of ether oxygens (including phenoxy) is 1. The summed E-state index contributed by atoms with van der Waals surface area (Å²) in [5.74, 6) is 0.00723. The van der Waals surface area contributed by atoms with E-state index in [0.717, 1.165) is 13.1 Å². The molecule has 0 heterocycles. The summed E-state index contributed by atoms with van der Waals surface area (Å²) >= 11 is 0. The van der Waals surface area contributed by atoms with Crippen molar-refractivity contribution in [1.82, 2.24) is 16.0 Å². The first kappa shape index (κ1) is 15.3. The molecule has 5 heteroatoms. The van der Waals surface area contributed by atoms with Gasteiger partial charge in [0.15, 0.2) is 0 Å². The molecule has 0 aliphatic rings. The van der Waals surface area contributed by atoms with Gasteiger partial charge in [-0.15, -0.1) is 0 Å². The maximum Gasteiger partial charge on any atom is 0.234 e. The van der Waals surface area contributed by atoms with Gasteiger partial charge in [0.2, 0.25) is 5.91 Å². The van der Waals surface area contributed by atoms with Crippen molar-refractivity contribution < 1.29 is 9.53 Å². The van der Waals surface area contributed by atoms with Crippen molar-refractivity contribution in [2.45, 2.75) is 26.3 Å². The zero-order valence-electron chi connectivity index (χ0n) is 10.9. The Hall–Kier alpha value is -0.650. The van der Waals surface area contributed by atoms with Crippen molar-refractivity contribution in [3.8, 4) is 0 Å². The number of rotatable bonds is 8. The van der Waals surface area contributed by atoms with E-state index in [4.69, 9.17) is 4.74 Å². The van der Waals surface area contributed by atoms with Crippen molar-refractivity contribution in [2.24, 2.45) is 0 Å². The lowest BCUT2D eigenvalue weighted by molar-refractivity contribution is -0.120. The number of hydrogen-bond donors (Lipinski definition) is 3. The van der Waals surface area contributed by atoms with Crippen LogP contribution in [0.3, 0.4) is 0 Å². The average molecular weight is 231 g/mol. The molecule has 0 aromatic heterocycles. The average Bonchev–Trinajstić information content (AvgIpc) is 2.16. The smallest absolute Gasteiger partial charge is 0.234 e. The molecule has 96 valence electrons. The molecule has 0 atom stereocenters. The van der Waals surface area contributed by atoms with E-state index in [-0.39, 0.29) is 11.4 Å². The second-order valence-electron chi connectivity index (χ2n) is 4.70. The zero-order valence-corrected chi connectivity index (χ0v) is 10.9. The Balaban J connectivity index is 3.28. The Kier molecular flexibility index (Phi) is 8.15. The Morgan fingerprint density at radius 3 is 2.44 bits per heavy atom. The molecule has 0 fully saturated rings. The SMILES string of the molecule is COCCNC(=O)CNCCNC(C)(C)C. The predicted molar refractivity (Wildman–Crippen MR) is 65.5 cm³/mol. The number of carbonyl (C=O) groups excluding carboxylic acids is 1. The largest absolute Gasteiger partial charge is 0.383 e. The van der Waals surface area contributed by atoms with E-state index >= 15 is 0 Å². The van der Waals surface area contributed by atoms with Gasteiger partial charge in [0.1, 0.15) is 0 Å². The third kappa shape index (κ3) is 11.4. The van der Waals surface area contributed by atoms with E-state index < -0.39 is 0 Å². The standard InChI is InChI=1S/C11H25N3O2/c1-11(2,3)14-6-5-12-9-10(15)13-7-8-16-4/h12,14H,5-9H2,1-4H3,(H,13,15). The van der Waals surface area contributed by atoms with Crippen LogP contribution in [-0.2, 0) is 9.53 Å². The summed E-state index contributed by atoms with van der Waals surface area (Å²) < 4.78 is 4.83. The molecule has 0 spiro atoms. The summed E-state index contributed by atoms with van der Waals surface area (Å²) in [5.41, 5.74) is 0.127. The molecular formula is C11H25N3O2. The van der Waals surface area contributed by atoms with Crippen LogP contribution in [0.1, 0.15) is 20.8 Å². The molecule has 0 aliphatic carbocycles. The van der Waals surface area contributed by atoms with E-state index in [9.17, 15) is 4.79 Å². The first-order chi connectivity index (χ1) is 7.45. The number of nitrogens with one attached hydrogen (secondary N) is 3. The van der Waals surface area contributed by atoms with Crippen molar-refractivity contribution in [2.75, 3.05) is 39.9 Å². The Labute approximate surface area is 98.3 Å². The van der Waals surface area contributed by atoms with Crippen LogP contribution in [0, 0.1) is 0 Å². The molecule has 16 heavy (non-hydrogen) atoms. The van der Waals surface area contributed by atoms with Crippen LogP contribution in [-0.4, -0.2) is 51.3 Å². The molecular weight excluding hydrogens is 206 g/mol. The van der Waals surface area contributed by atoms with E-state index in [1.165, 1.54) is 0 Å². The molecule has 0 unspecified atom stereocenters. The zero-order chi connectivity index (χ0) is 12.4. The van der Waals surface area contributed by atoms with Crippen LogP contribution < -0.4 is 16.0 Å². The summed E-state index contributed by atoms with van der Waals surface area (Å²) in [6.07, 6.45) is 0. The predicted octanol–water partition coefficient (Wildman–Crippen LogP) is -0.273. The molecule has 0 saturated carbocycles. The summed E-state index contributed by atoms with van der Waals surface area (Å²) in [6.45, 7) is 9.47. The van der Waals surface area contributed by atoms with Crippen LogP contribution in [0.25, 0.3) is 0 Å². The number of methoxy groups -OCH3 is 1. The molecule has 5 nitrogen and oxygen atoms in total. The maximum atomic E-state index is 11.2. The lowest BCUT2D eigenvalue weighted by Gasteiger charge is -2.20. The normalized spacial score (nSPS) is 11.5. The third-order valence-electron chi connectivity index (χ3n) is 1.87. The summed E-state index contributed by atoms with van der Waals surface area (Å²) in [6, 6.07) is 0. The van der Waals surface area contributed by atoms with Gasteiger partial charge in [-0.1, -0.05) is 0 Å². The van der Waals surface area contributed by atoms with E-state index in [1.54, 1.807) is 7.11 Å². The highest BCUT2D eigenvalue weighted by molar-refractivity contribution is 5.77. The number of hydrogen-bond acceptors (Lipinski definition) is 4. The van der Waals surface area contributed by atoms with Crippen LogP contribution in [0.15, 0.2) is 0 Å². The fourth-order valence-electron chi connectivity index (χ4n) is 1.08. The van der Waals surface area contributed by atoms with Gasteiger partial charge in [-0.05, 0) is 20.8 Å². The number of amides is 1. The van der Waals surface area contributed by atoms with Gasteiger partial charge in [-0.25, -0.2) is 0 Å². The molecule has 0 saturated heterocycles. The van der Waals surface area contributed by atoms with Crippen molar-refractivity contribution in [3.05, 3.63) is 0 Å². The molecule has 0 aromatic rings. The van der Waals surface area contributed by atoms with Gasteiger partial charge in [0.05, 0.1) is 13.2 Å². The second kappa shape index (κ2) is 8.50. The Morgan fingerprint density at radius 1 is 1.19 bits per heavy atom. The highest BCUT2D eigenvalue weighted by Crippen LogP contribution is 1.96. The monoisotopic (exact) mass is 231 g/mol. The molecule has 0 aliphatic heterocycles. The maximum absolute atomic E-state index is 11.2. The van der Waals surface area contributed by atoms with Crippen LogP contribution in [0.2, 0.25) is 0 Å². The summed E-state index contributed by atoms with van der Waals surface area (Å²) in [5, 5.41) is 9.15. The second-order valence-corrected chi connectivity index (χ2v) is 4.70. The molecule has 0 aromatic carbocycles. The van der Waals surface area contributed by atoms with Gasteiger partial charge >= 0.3 is 0 Å². The molecule has 0 bridgehead atoms. The highest BCUT2D eigenvalue weighted by atomic mass is 16.5. The lowest BCUT2D eigenvalue weighted by atomic mass is 10.1. The van der Waals surface area contributed by atoms with Crippen LogP contribution in [0.5, 0.6) is 0 Å². The minimum absolute atomic E-state index is 0.00723. The van der Waals surface area contributed by atoms with Gasteiger partial charge in [-0.3, -0.25) is 4.79 Å². The Morgan fingerprint density at radius 2 is 1.88 bits per heavy atom. The molecule has 0 radical (unpaired) electrons. The topological polar surface area (TPSA) is 62.4 Å². The number of carbonyl (C=O) groups is 1. The summed E-state index contributed by atoms with van der Waals surface area (Å²) in [4.78, 5) is 11.2. The van der Waals surface area contributed by atoms with Gasteiger partial charge < -0.3 is 20.7 Å². The third-order valence-corrected chi connectivity index (χ3v) is 1.87. The van der Waals surface area contributed by atoms with Crippen molar-refractivity contribution in [3.63, 3.8) is 0 Å². The van der Waals surface area contributed by atoms with E-state index in [2.05, 4.69) is 36.7 Å². The van der Waals surface area contributed by atoms with Crippen LogP contribution in [0.4, 0.5) is 0 Å².